The Bertz CT molecular complexity index is 1020. The average molecular weight is 368 g/mol. The fourth-order valence-corrected chi connectivity index (χ4v) is 3.71. The minimum Gasteiger partial charge on any atom is -0.342 e. The summed E-state index contributed by atoms with van der Waals surface area (Å²) >= 11 is 0. The molecular formula is C19H24N6O2. The van der Waals surface area contributed by atoms with Crippen molar-refractivity contribution < 1.29 is 4.79 Å². The van der Waals surface area contributed by atoms with Crippen LogP contribution in [-0.2, 0) is 11.3 Å². The number of piperidine rings is 1. The Morgan fingerprint density at radius 3 is 3.00 bits per heavy atom. The first-order valence-electron chi connectivity index (χ1n) is 9.35. The maximum absolute atomic E-state index is 12.6. The number of fused-ring (bicyclic) bond motifs is 1. The van der Waals surface area contributed by atoms with E-state index in [1.807, 2.05) is 28.7 Å². The summed E-state index contributed by atoms with van der Waals surface area (Å²) in [6.07, 6.45) is 7.73. The van der Waals surface area contributed by atoms with Gasteiger partial charge in [-0.05, 0) is 26.7 Å². The maximum Gasteiger partial charge on any atom is 0.275 e. The van der Waals surface area contributed by atoms with Crippen molar-refractivity contribution in [3.05, 3.63) is 52.1 Å². The van der Waals surface area contributed by atoms with E-state index in [9.17, 15) is 9.59 Å². The van der Waals surface area contributed by atoms with Crippen LogP contribution in [0.4, 0.5) is 0 Å². The fraction of sp³-hybridized carbons (Fsp3) is 0.474. The standard InChI is InChI=1S/C19H24N6O2/c1-13-14(2)21-17-10-16(22-25(17)19(13)27)15-4-3-7-24(11-15)18(26)5-8-23-9-6-20-12-23/h6,9-10,12,15,22H,3-5,7-8,11H2,1-2H3/t15-/m0/s1. The van der Waals surface area contributed by atoms with Crippen LogP contribution in [0.5, 0.6) is 0 Å². The van der Waals surface area contributed by atoms with Crippen molar-refractivity contribution in [3.63, 3.8) is 0 Å². The van der Waals surface area contributed by atoms with Crippen molar-refractivity contribution in [2.75, 3.05) is 13.1 Å². The number of aromatic amines is 1. The number of likely N-dealkylation sites (tertiary alicyclic amines) is 1. The van der Waals surface area contributed by atoms with E-state index in [4.69, 9.17) is 0 Å². The predicted molar refractivity (Wildman–Crippen MR) is 101 cm³/mol. The number of hydrogen-bond acceptors (Lipinski definition) is 4. The first-order chi connectivity index (χ1) is 13.0. The van der Waals surface area contributed by atoms with Crippen LogP contribution >= 0.6 is 0 Å². The zero-order valence-electron chi connectivity index (χ0n) is 15.7. The molecule has 1 aliphatic heterocycles. The van der Waals surface area contributed by atoms with Gasteiger partial charge in [-0.3, -0.25) is 14.7 Å². The second-order valence-corrected chi connectivity index (χ2v) is 7.26. The Morgan fingerprint density at radius 2 is 2.22 bits per heavy atom. The molecule has 8 nitrogen and oxygen atoms in total. The molecule has 3 aromatic rings. The SMILES string of the molecule is Cc1nc2cc([C@H]3CCCN(C(=O)CCn4ccnc4)C3)[nH]n2c(=O)c1C. The van der Waals surface area contributed by atoms with Gasteiger partial charge in [0.2, 0.25) is 5.91 Å². The minimum atomic E-state index is -0.0622. The summed E-state index contributed by atoms with van der Waals surface area (Å²) in [5.74, 6) is 0.351. The highest BCUT2D eigenvalue weighted by Crippen LogP contribution is 2.26. The lowest BCUT2D eigenvalue weighted by atomic mass is 9.94. The van der Waals surface area contributed by atoms with E-state index in [1.54, 1.807) is 19.4 Å². The molecule has 0 aromatic carbocycles. The Kier molecular flexibility index (Phi) is 4.55. The maximum atomic E-state index is 12.6. The van der Waals surface area contributed by atoms with Crippen LogP contribution in [0.3, 0.4) is 0 Å². The summed E-state index contributed by atoms with van der Waals surface area (Å²) in [5, 5.41) is 3.21. The lowest BCUT2D eigenvalue weighted by molar-refractivity contribution is -0.132. The van der Waals surface area contributed by atoms with Crippen LogP contribution in [0, 0.1) is 13.8 Å². The number of carbonyl (C=O) groups is 1. The van der Waals surface area contributed by atoms with Crippen LogP contribution in [0.25, 0.3) is 5.65 Å². The number of carbonyl (C=O) groups excluding carboxylic acids is 1. The first-order valence-corrected chi connectivity index (χ1v) is 9.35. The van der Waals surface area contributed by atoms with E-state index >= 15 is 0 Å². The molecule has 8 heteroatoms. The smallest absolute Gasteiger partial charge is 0.275 e. The lowest BCUT2D eigenvalue weighted by Crippen LogP contribution is -2.39. The zero-order valence-corrected chi connectivity index (χ0v) is 15.7. The number of rotatable bonds is 4. The van der Waals surface area contributed by atoms with Gasteiger partial charge >= 0.3 is 0 Å². The summed E-state index contributed by atoms with van der Waals surface area (Å²) in [6.45, 7) is 5.74. The van der Waals surface area contributed by atoms with E-state index in [0.717, 1.165) is 30.8 Å². The van der Waals surface area contributed by atoms with Crippen molar-refractivity contribution >= 4 is 11.6 Å². The van der Waals surface area contributed by atoms with E-state index in [0.29, 0.717) is 30.7 Å². The van der Waals surface area contributed by atoms with Gasteiger partial charge in [0.05, 0.1) is 6.33 Å². The second kappa shape index (κ2) is 7.02. The van der Waals surface area contributed by atoms with Gasteiger partial charge in [-0.25, -0.2) is 14.5 Å². The molecule has 1 atom stereocenters. The second-order valence-electron chi connectivity index (χ2n) is 7.26. The number of hydrogen-bond donors (Lipinski definition) is 1. The van der Waals surface area contributed by atoms with Gasteiger partial charge in [-0.1, -0.05) is 0 Å². The summed E-state index contributed by atoms with van der Waals surface area (Å²) in [6, 6.07) is 1.94. The topological polar surface area (TPSA) is 88.3 Å². The zero-order chi connectivity index (χ0) is 19.0. The van der Waals surface area contributed by atoms with Gasteiger partial charge < -0.3 is 9.47 Å². The lowest BCUT2D eigenvalue weighted by Gasteiger charge is -2.32. The van der Waals surface area contributed by atoms with Gasteiger partial charge in [-0.15, -0.1) is 0 Å². The van der Waals surface area contributed by atoms with Crippen LogP contribution in [-0.4, -0.2) is 48.0 Å². The summed E-state index contributed by atoms with van der Waals surface area (Å²) in [7, 11) is 0. The fourth-order valence-electron chi connectivity index (χ4n) is 3.71. The molecule has 0 unspecified atom stereocenters. The molecule has 27 heavy (non-hydrogen) atoms. The number of imidazole rings is 1. The third kappa shape index (κ3) is 3.39. The Morgan fingerprint density at radius 1 is 1.37 bits per heavy atom. The predicted octanol–water partition coefficient (Wildman–Crippen LogP) is 1.63. The molecule has 0 saturated carbocycles. The number of aromatic nitrogens is 5. The van der Waals surface area contributed by atoms with Gasteiger partial charge in [0.25, 0.3) is 5.56 Å². The average Bonchev–Trinajstić information content (AvgIpc) is 3.34. The van der Waals surface area contributed by atoms with Crippen LogP contribution < -0.4 is 5.56 Å². The molecule has 0 spiro atoms. The molecule has 142 valence electrons. The Labute approximate surface area is 156 Å². The molecule has 0 radical (unpaired) electrons. The normalized spacial score (nSPS) is 17.6. The molecule has 0 aliphatic carbocycles. The van der Waals surface area contributed by atoms with Crippen LogP contribution in [0.2, 0.25) is 0 Å². The van der Waals surface area contributed by atoms with Crippen LogP contribution in [0.15, 0.2) is 29.6 Å². The van der Waals surface area contributed by atoms with Crippen LogP contribution in [0.1, 0.15) is 42.1 Å². The third-order valence-corrected chi connectivity index (χ3v) is 5.46. The monoisotopic (exact) mass is 368 g/mol. The number of nitrogens with zero attached hydrogens (tertiary/aromatic N) is 5. The van der Waals surface area contributed by atoms with Crippen molar-refractivity contribution in [2.45, 2.75) is 45.6 Å². The molecule has 1 fully saturated rings. The number of nitrogens with one attached hydrogen (secondary N) is 1. The van der Waals surface area contributed by atoms with E-state index < -0.39 is 0 Å². The Hall–Kier alpha value is -2.90. The highest BCUT2D eigenvalue weighted by molar-refractivity contribution is 5.76. The van der Waals surface area contributed by atoms with Gasteiger partial charge in [0, 0.05) is 67.4 Å². The number of aryl methyl sites for hydroxylation is 2. The molecule has 3 aromatic heterocycles. The van der Waals surface area contributed by atoms with Gasteiger partial charge in [0.1, 0.15) is 0 Å². The Balaban J connectivity index is 1.49. The van der Waals surface area contributed by atoms with E-state index in [1.165, 1.54) is 4.52 Å². The molecule has 4 rings (SSSR count). The van der Waals surface area contributed by atoms with Gasteiger partial charge in [0.15, 0.2) is 5.65 Å². The van der Waals surface area contributed by atoms with Crippen molar-refractivity contribution in [2.24, 2.45) is 0 Å². The van der Waals surface area contributed by atoms with E-state index in [2.05, 4.69) is 15.1 Å². The molecule has 1 amide bonds. The van der Waals surface area contributed by atoms with Gasteiger partial charge in [-0.2, -0.15) is 0 Å². The molecule has 1 saturated heterocycles. The minimum absolute atomic E-state index is 0.0622. The van der Waals surface area contributed by atoms with Crippen molar-refractivity contribution in [3.8, 4) is 0 Å². The molecule has 4 heterocycles. The largest absolute Gasteiger partial charge is 0.342 e. The third-order valence-electron chi connectivity index (χ3n) is 5.46. The molecule has 1 N–H and O–H groups in total. The summed E-state index contributed by atoms with van der Waals surface area (Å²) in [5.41, 5.74) is 2.96. The summed E-state index contributed by atoms with van der Waals surface area (Å²) in [4.78, 5) is 35.5. The molecule has 0 bridgehead atoms. The summed E-state index contributed by atoms with van der Waals surface area (Å²) < 4.78 is 3.43. The molecule has 1 aliphatic rings. The van der Waals surface area contributed by atoms with E-state index in [-0.39, 0.29) is 17.4 Å². The highest BCUT2D eigenvalue weighted by Gasteiger charge is 2.26. The number of amides is 1. The first kappa shape index (κ1) is 17.5. The number of H-pyrrole nitrogens is 1. The van der Waals surface area contributed by atoms with Crippen molar-refractivity contribution in [1.82, 2.24) is 29.0 Å². The molecular weight excluding hydrogens is 344 g/mol. The van der Waals surface area contributed by atoms with Crippen molar-refractivity contribution in [1.29, 1.82) is 0 Å². The highest BCUT2D eigenvalue weighted by atomic mass is 16.2. The quantitative estimate of drug-likeness (QED) is 0.758.